The lowest BCUT2D eigenvalue weighted by atomic mass is 10.2. The number of benzene rings is 1. The number of H-pyrrole nitrogens is 1. The highest BCUT2D eigenvalue weighted by Gasteiger charge is 2.04. The minimum atomic E-state index is -0.277. The molecular formula is C15H15Cl2N3O. The standard InChI is InChI=1S/C15H15Cl2N3O/c1-2-3-12-9-14(20-19-12)18-15(21)7-4-10-8-11(16)5-6-13(10)17/h4-9H,2-3H2,1H3,(H2,18,19,20,21)/b7-4+. The van der Waals surface area contributed by atoms with E-state index in [4.69, 9.17) is 23.2 Å². The van der Waals surface area contributed by atoms with Crippen LogP contribution in [0.1, 0.15) is 24.6 Å². The van der Waals surface area contributed by atoms with Crippen LogP contribution in [0.2, 0.25) is 10.0 Å². The lowest BCUT2D eigenvalue weighted by Crippen LogP contribution is -2.07. The van der Waals surface area contributed by atoms with Crippen molar-refractivity contribution in [2.24, 2.45) is 0 Å². The lowest BCUT2D eigenvalue weighted by molar-refractivity contribution is -0.111. The van der Waals surface area contributed by atoms with Crippen molar-refractivity contribution in [3.8, 4) is 0 Å². The first-order chi connectivity index (χ1) is 10.1. The molecule has 110 valence electrons. The number of anilines is 1. The van der Waals surface area contributed by atoms with Crippen LogP contribution >= 0.6 is 23.2 Å². The summed E-state index contributed by atoms with van der Waals surface area (Å²) in [4.78, 5) is 11.8. The predicted molar refractivity (Wildman–Crippen MR) is 86.7 cm³/mol. The summed E-state index contributed by atoms with van der Waals surface area (Å²) in [7, 11) is 0. The minimum Gasteiger partial charge on any atom is -0.306 e. The molecule has 1 aromatic heterocycles. The summed E-state index contributed by atoms with van der Waals surface area (Å²) in [5.41, 5.74) is 1.68. The van der Waals surface area contributed by atoms with Crippen LogP contribution in [-0.2, 0) is 11.2 Å². The first kappa shape index (κ1) is 15.6. The molecule has 4 nitrogen and oxygen atoms in total. The van der Waals surface area contributed by atoms with Gasteiger partial charge in [-0.05, 0) is 36.3 Å². The monoisotopic (exact) mass is 323 g/mol. The fourth-order valence-corrected chi connectivity index (χ4v) is 2.16. The Labute approximate surface area is 133 Å². The maximum Gasteiger partial charge on any atom is 0.249 e. The van der Waals surface area contributed by atoms with Gasteiger partial charge in [0.05, 0.1) is 0 Å². The number of carbonyl (C=O) groups excluding carboxylic acids is 1. The summed E-state index contributed by atoms with van der Waals surface area (Å²) in [6, 6.07) is 6.90. The van der Waals surface area contributed by atoms with Crippen molar-refractivity contribution in [1.82, 2.24) is 10.2 Å². The molecule has 0 atom stereocenters. The molecule has 0 unspecified atom stereocenters. The summed E-state index contributed by atoms with van der Waals surface area (Å²) in [6.45, 7) is 2.08. The van der Waals surface area contributed by atoms with Crippen LogP contribution in [0.25, 0.3) is 6.08 Å². The zero-order valence-electron chi connectivity index (χ0n) is 11.5. The molecule has 1 heterocycles. The van der Waals surface area contributed by atoms with Crippen molar-refractivity contribution in [3.63, 3.8) is 0 Å². The maximum atomic E-state index is 11.8. The Morgan fingerprint density at radius 2 is 2.19 bits per heavy atom. The second-order valence-electron chi connectivity index (χ2n) is 4.52. The van der Waals surface area contributed by atoms with E-state index in [9.17, 15) is 4.79 Å². The van der Waals surface area contributed by atoms with Crippen LogP contribution in [0.5, 0.6) is 0 Å². The first-order valence-corrected chi connectivity index (χ1v) is 7.32. The van der Waals surface area contributed by atoms with E-state index in [2.05, 4.69) is 22.4 Å². The summed E-state index contributed by atoms with van der Waals surface area (Å²) in [5.74, 6) is 0.228. The Bertz CT molecular complexity index is 665. The van der Waals surface area contributed by atoms with E-state index < -0.39 is 0 Å². The highest BCUT2D eigenvalue weighted by molar-refractivity contribution is 6.34. The van der Waals surface area contributed by atoms with Crippen molar-refractivity contribution in [1.29, 1.82) is 0 Å². The molecule has 0 bridgehead atoms. The van der Waals surface area contributed by atoms with Gasteiger partial charge in [0.1, 0.15) is 0 Å². The number of halogens is 2. The van der Waals surface area contributed by atoms with Gasteiger partial charge >= 0.3 is 0 Å². The second kappa shape index (κ2) is 7.29. The van der Waals surface area contributed by atoms with Crippen molar-refractivity contribution >= 4 is 41.0 Å². The highest BCUT2D eigenvalue weighted by atomic mass is 35.5. The van der Waals surface area contributed by atoms with Gasteiger partial charge in [-0.25, -0.2) is 0 Å². The third kappa shape index (κ3) is 4.62. The van der Waals surface area contributed by atoms with Crippen LogP contribution in [-0.4, -0.2) is 16.1 Å². The fourth-order valence-electron chi connectivity index (χ4n) is 1.80. The molecule has 0 saturated carbocycles. The number of hydrogen-bond acceptors (Lipinski definition) is 2. The molecule has 1 amide bonds. The zero-order valence-corrected chi connectivity index (χ0v) is 13.0. The van der Waals surface area contributed by atoms with Gasteiger partial charge in [-0.3, -0.25) is 9.89 Å². The molecule has 6 heteroatoms. The van der Waals surface area contributed by atoms with Crippen molar-refractivity contribution in [2.75, 3.05) is 5.32 Å². The van der Waals surface area contributed by atoms with Crippen molar-refractivity contribution in [2.45, 2.75) is 19.8 Å². The molecule has 0 radical (unpaired) electrons. The molecular weight excluding hydrogens is 309 g/mol. The lowest BCUT2D eigenvalue weighted by Gasteiger charge is -1.99. The van der Waals surface area contributed by atoms with Crippen LogP contribution in [0.3, 0.4) is 0 Å². The molecule has 2 rings (SSSR count). The first-order valence-electron chi connectivity index (χ1n) is 6.57. The number of nitrogens with zero attached hydrogens (tertiary/aromatic N) is 1. The van der Waals surface area contributed by atoms with E-state index in [1.54, 1.807) is 24.3 Å². The summed E-state index contributed by atoms with van der Waals surface area (Å²) >= 11 is 11.9. The smallest absolute Gasteiger partial charge is 0.249 e. The molecule has 0 aliphatic carbocycles. The normalized spacial score (nSPS) is 11.0. The number of hydrogen-bond donors (Lipinski definition) is 2. The molecule has 0 aliphatic heterocycles. The Morgan fingerprint density at radius 3 is 2.95 bits per heavy atom. The quantitative estimate of drug-likeness (QED) is 0.805. The van der Waals surface area contributed by atoms with Crippen molar-refractivity contribution < 1.29 is 4.79 Å². The van der Waals surface area contributed by atoms with Gasteiger partial charge in [-0.2, -0.15) is 5.10 Å². The molecule has 1 aromatic carbocycles. The average molecular weight is 324 g/mol. The van der Waals surface area contributed by atoms with E-state index in [0.29, 0.717) is 21.4 Å². The number of amides is 1. The van der Waals surface area contributed by atoms with E-state index in [1.165, 1.54) is 6.08 Å². The molecule has 2 N–H and O–H groups in total. The number of carbonyl (C=O) groups is 1. The molecule has 0 aliphatic rings. The Hall–Kier alpha value is -1.78. The van der Waals surface area contributed by atoms with Crippen LogP contribution in [0, 0.1) is 0 Å². The summed E-state index contributed by atoms with van der Waals surface area (Å²) < 4.78 is 0. The number of nitrogens with one attached hydrogen (secondary N) is 2. The molecule has 0 spiro atoms. The van der Waals surface area contributed by atoms with Gasteiger partial charge in [0, 0.05) is 27.9 Å². The van der Waals surface area contributed by atoms with E-state index in [0.717, 1.165) is 18.5 Å². The predicted octanol–water partition coefficient (Wildman–Crippen LogP) is 4.32. The van der Waals surface area contributed by atoms with Crippen LogP contribution in [0.4, 0.5) is 5.82 Å². The van der Waals surface area contributed by atoms with Gasteiger partial charge in [0.25, 0.3) is 0 Å². The summed E-state index contributed by atoms with van der Waals surface area (Å²) in [5, 5.41) is 10.7. The van der Waals surface area contributed by atoms with E-state index in [-0.39, 0.29) is 5.91 Å². The Balaban J connectivity index is 2.00. The average Bonchev–Trinajstić information content (AvgIpc) is 2.87. The maximum absolute atomic E-state index is 11.8. The molecule has 2 aromatic rings. The third-order valence-corrected chi connectivity index (χ3v) is 3.35. The number of aryl methyl sites for hydroxylation is 1. The number of aromatic amines is 1. The van der Waals surface area contributed by atoms with Crippen LogP contribution in [0.15, 0.2) is 30.3 Å². The SMILES string of the molecule is CCCc1cc(NC(=O)/C=C/c2cc(Cl)ccc2Cl)n[nH]1. The topological polar surface area (TPSA) is 57.8 Å². The summed E-state index contributed by atoms with van der Waals surface area (Å²) in [6.07, 6.45) is 4.93. The zero-order chi connectivity index (χ0) is 15.2. The number of rotatable bonds is 5. The van der Waals surface area contributed by atoms with E-state index >= 15 is 0 Å². The Morgan fingerprint density at radius 1 is 1.38 bits per heavy atom. The second-order valence-corrected chi connectivity index (χ2v) is 5.36. The van der Waals surface area contributed by atoms with Gasteiger partial charge in [0.2, 0.25) is 5.91 Å². The van der Waals surface area contributed by atoms with Gasteiger partial charge < -0.3 is 5.32 Å². The highest BCUT2D eigenvalue weighted by Crippen LogP contribution is 2.21. The third-order valence-electron chi connectivity index (χ3n) is 2.77. The van der Waals surface area contributed by atoms with Gasteiger partial charge in [0.15, 0.2) is 5.82 Å². The van der Waals surface area contributed by atoms with E-state index in [1.807, 2.05) is 6.07 Å². The molecule has 0 fully saturated rings. The Kier molecular flexibility index (Phi) is 5.42. The van der Waals surface area contributed by atoms with Gasteiger partial charge in [-0.15, -0.1) is 0 Å². The minimum absolute atomic E-state index is 0.277. The van der Waals surface area contributed by atoms with Crippen molar-refractivity contribution in [3.05, 3.63) is 51.6 Å². The van der Waals surface area contributed by atoms with Crippen LogP contribution < -0.4 is 5.32 Å². The van der Waals surface area contributed by atoms with Gasteiger partial charge in [-0.1, -0.05) is 36.5 Å². The molecule has 0 saturated heterocycles. The molecule has 21 heavy (non-hydrogen) atoms. The fraction of sp³-hybridized carbons (Fsp3) is 0.200. The largest absolute Gasteiger partial charge is 0.306 e. The number of aromatic nitrogens is 2.